The van der Waals surface area contributed by atoms with E-state index >= 15 is 4.39 Å². The summed E-state index contributed by atoms with van der Waals surface area (Å²) in [5.74, 6) is 1.22. The molecule has 3 saturated heterocycles. The third-order valence-electron chi connectivity index (χ3n) is 17.0. The van der Waals surface area contributed by atoms with Crippen molar-refractivity contribution in [1.82, 2.24) is 50.0 Å². The zero-order chi connectivity index (χ0) is 59.3. The molecular formula is C64H75FN12O7S. The van der Waals surface area contributed by atoms with Gasteiger partial charge in [0.25, 0.3) is 0 Å². The Morgan fingerprint density at radius 1 is 0.941 bits per heavy atom. The third-order valence-corrected chi connectivity index (χ3v) is 17.9. The highest BCUT2D eigenvalue weighted by molar-refractivity contribution is 7.13. The molecule has 12 rings (SSSR count). The van der Waals surface area contributed by atoms with Gasteiger partial charge in [-0.15, -0.1) is 11.3 Å². The van der Waals surface area contributed by atoms with E-state index in [1.54, 1.807) is 22.2 Å². The molecule has 2 unspecified atom stereocenters. The van der Waals surface area contributed by atoms with Gasteiger partial charge in [-0.2, -0.15) is 20.2 Å². The molecule has 2 amide bonds. The van der Waals surface area contributed by atoms with E-state index in [4.69, 9.17) is 29.3 Å². The van der Waals surface area contributed by atoms with Crippen LogP contribution in [-0.4, -0.2) is 147 Å². The van der Waals surface area contributed by atoms with Crippen LogP contribution >= 0.6 is 11.3 Å². The highest BCUT2D eigenvalue weighted by Crippen LogP contribution is 2.53. The third kappa shape index (κ3) is 12.5. The molecule has 21 heteroatoms. The van der Waals surface area contributed by atoms with Gasteiger partial charge >= 0.3 is 6.01 Å². The normalized spacial score (nSPS) is 16.6. The molecule has 7 heterocycles. The van der Waals surface area contributed by atoms with Crippen molar-refractivity contribution in [2.75, 3.05) is 82.9 Å². The zero-order valence-corrected chi connectivity index (χ0v) is 50.0. The standard InChI is InChI=1S/C51H61FN10O5.C13H14N2O2S/c1-6-59-17-19-60(20-18-59)49-37-24-36(33-10-11-33)45(44-31(4)40(52)25-42-38(44)26-54-57-42)48(46(37)55-51(56-49)67-34-13-21-65-22-14-34)66-29-32-9-12-35(41(23-32)53-5)39-27-62(58-43(39)28-63)47(30(2)3)50(64)61-15-7-8-16-61;1-9-13(18-8-15-9)11-4-2-10(3-5-11)12(6-16)14-7-17/h9,12,23-28,30,33-34,47,53H,6-8,10-11,13-22,29H2,1-5H3,(H,54,57);2-5,7-8,12,16H,6H2,1H3,(H,14,17). The lowest BCUT2D eigenvalue weighted by molar-refractivity contribution is -0.135. The van der Waals surface area contributed by atoms with E-state index < -0.39 is 6.04 Å². The summed E-state index contributed by atoms with van der Waals surface area (Å²) in [4.78, 5) is 59.3. The summed E-state index contributed by atoms with van der Waals surface area (Å²) < 4.78 is 37.3. The summed E-state index contributed by atoms with van der Waals surface area (Å²) in [5, 5.41) is 28.8. The number of likely N-dealkylation sites (N-methyl/N-ethyl adjacent to an activating group) is 1. The minimum atomic E-state index is -0.537. The number of H-pyrrole nitrogens is 1. The van der Waals surface area contributed by atoms with Crippen LogP contribution in [0.4, 0.5) is 15.9 Å². The van der Waals surface area contributed by atoms with Crippen molar-refractivity contribution in [2.45, 2.75) is 104 Å². The van der Waals surface area contributed by atoms with Gasteiger partial charge in [-0.3, -0.25) is 24.2 Å². The number of aromatic amines is 1. The number of hydrogen-bond acceptors (Lipinski definition) is 16. The second-order valence-electron chi connectivity index (χ2n) is 22.8. The van der Waals surface area contributed by atoms with Crippen LogP contribution in [0, 0.1) is 25.6 Å². The van der Waals surface area contributed by atoms with Crippen LogP contribution in [0.5, 0.6) is 11.8 Å². The lowest BCUT2D eigenvalue weighted by Gasteiger charge is -2.35. The first-order valence-electron chi connectivity index (χ1n) is 29.7. The quantitative estimate of drug-likeness (QED) is 0.0522. The van der Waals surface area contributed by atoms with E-state index in [9.17, 15) is 19.5 Å². The second-order valence-corrected chi connectivity index (χ2v) is 23.6. The van der Waals surface area contributed by atoms with Gasteiger partial charge in [-0.05, 0) is 104 Å². The van der Waals surface area contributed by atoms with E-state index in [-0.39, 0.29) is 60.6 Å². The Bertz CT molecular complexity index is 3670. The molecule has 1 saturated carbocycles. The number of piperazine rings is 1. The first kappa shape index (κ1) is 58.9. The smallest absolute Gasteiger partial charge is 0.319 e. The first-order chi connectivity index (χ1) is 41.4. The average Bonchev–Trinajstić information content (AvgIpc) is 2.04. The molecule has 0 spiro atoms. The second kappa shape index (κ2) is 26.2. The fourth-order valence-corrected chi connectivity index (χ4v) is 12.9. The minimum Gasteiger partial charge on any atom is -0.486 e. The SMILES string of the molecule is CCN1CCN(c2nc(OC3CCOCC3)nc3c(OCc4ccc(-c5cn(C(C(=O)N6CCCC6)C(C)C)nc5C=O)c(NC)c4)c(-c4c(C)c(F)cc5[nH]ncc45)c(C4CC4)cc23)CC1.Cc1ncsc1-c1ccc(C(CO)NC=O)cc1. The molecule has 0 bridgehead atoms. The van der Waals surface area contributed by atoms with Crippen LogP contribution in [-0.2, 0) is 20.9 Å². The number of likely N-dealkylation sites (tertiary alicyclic amines) is 1. The van der Waals surface area contributed by atoms with E-state index in [1.165, 1.54) is 6.07 Å². The number of aryl methyl sites for hydroxylation is 1. The molecule has 1 aliphatic carbocycles. The fourth-order valence-electron chi connectivity index (χ4n) is 12.1. The molecule has 4 N–H and O–H groups in total. The Morgan fingerprint density at radius 3 is 2.36 bits per heavy atom. The number of rotatable bonds is 20. The molecule has 4 fully saturated rings. The molecule has 4 aromatic heterocycles. The first-order valence-corrected chi connectivity index (χ1v) is 30.6. The number of nitrogens with zero attached hydrogens (tertiary/aromatic N) is 9. The predicted octanol–water partition coefficient (Wildman–Crippen LogP) is 10.2. The van der Waals surface area contributed by atoms with E-state index in [0.29, 0.717) is 47.5 Å². The number of fused-ring (bicyclic) bond motifs is 2. The van der Waals surface area contributed by atoms with Crippen molar-refractivity contribution in [2.24, 2.45) is 5.92 Å². The Morgan fingerprint density at radius 2 is 1.71 bits per heavy atom. The van der Waals surface area contributed by atoms with Crippen LogP contribution in [0.1, 0.15) is 116 Å². The Labute approximate surface area is 498 Å². The topological polar surface area (TPSA) is 218 Å². The maximum absolute atomic E-state index is 16.1. The van der Waals surface area contributed by atoms with Crippen LogP contribution in [0.15, 0.2) is 72.5 Å². The number of benzene rings is 4. The largest absolute Gasteiger partial charge is 0.486 e. The summed E-state index contributed by atoms with van der Waals surface area (Å²) in [7, 11) is 1.84. The molecule has 4 aromatic carbocycles. The molecule has 0 radical (unpaired) electrons. The van der Waals surface area contributed by atoms with E-state index in [0.717, 1.165) is 162 Å². The predicted molar refractivity (Wildman–Crippen MR) is 328 cm³/mol. The summed E-state index contributed by atoms with van der Waals surface area (Å²) in [6.07, 6.45) is 10.3. The number of amides is 2. The number of carbonyl (C=O) groups excluding carboxylic acids is 3. The summed E-state index contributed by atoms with van der Waals surface area (Å²) in [5.41, 5.74) is 12.4. The fraction of sp³-hybridized carbons (Fsp3) is 0.438. The molecule has 446 valence electrons. The van der Waals surface area contributed by atoms with Crippen molar-refractivity contribution in [1.29, 1.82) is 0 Å². The van der Waals surface area contributed by atoms with Crippen LogP contribution in [0.2, 0.25) is 0 Å². The number of aldehydes is 1. The number of halogens is 1. The number of aliphatic hydroxyl groups is 1. The number of ether oxygens (including phenoxy) is 3. The number of aliphatic hydroxyl groups excluding tert-OH is 1. The average molecular weight is 1180 g/mol. The van der Waals surface area contributed by atoms with Crippen LogP contribution < -0.4 is 25.0 Å². The van der Waals surface area contributed by atoms with Gasteiger partial charge in [0.2, 0.25) is 12.3 Å². The monoisotopic (exact) mass is 1170 g/mol. The number of anilines is 2. The molecule has 4 aliphatic rings. The number of thiazole rings is 1. The Hall–Kier alpha value is -7.85. The molecule has 3 aliphatic heterocycles. The van der Waals surface area contributed by atoms with Gasteiger partial charge in [0.1, 0.15) is 41.6 Å². The summed E-state index contributed by atoms with van der Waals surface area (Å²) >= 11 is 1.60. The van der Waals surface area contributed by atoms with Gasteiger partial charge in [0.15, 0.2) is 12.0 Å². The van der Waals surface area contributed by atoms with Gasteiger partial charge in [0, 0.05) is 104 Å². The van der Waals surface area contributed by atoms with Crippen molar-refractivity contribution in [3.05, 3.63) is 112 Å². The number of nitrogens with one attached hydrogen (secondary N) is 3. The highest BCUT2D eigenvalue weighted by atomic mass is 32.1. The van der Waals surface area contributed by atoms with E-state index in [1.807, 2.05) is 93.8 Å². The van der Waals surface area contributed by atoms with Crippen molar-refractivity contribution < 1.29 is 38.1 Å². The highest BCUT2D eigenvalue weighted by Gasteiger charge is 2.36. The van der Waals surface area contributed by atoms with Crippen molar-refractivity contribution in [3.63, 3.8) is 0 Å². The van der Waals surface area contributed by atoms with E-state index in [2.05, 4.69) is 48.6 Å². The maximum Gasteiger partial charge on any atom is 0.319 e. The molecule has 8 aromatic rings. The number of aromatic nitrogens is 7. The number of carbonyl (C=O) groups is 3. The molecule has 19 nitrogen and oxygen atoms in total. The van der Waals surface area contributed by atoms with Crippen LogP contribution in [0.25, 0.3) is 54.5 Å². The van der Waals surface area contributed by atoms with Crippen LogP contribution in [0.3, 0.4) is 0 Å². The maximum atomic E-state index is 16.1. The molecular weight excluding hydrogens is 1100 g/mol. The van der Waals surface area contributed by atoms with Gasteiger partial charge in [0.05, 0.1) is 53.7 Å². The lowest BCUT2D eigenvalue weighted by atomic mass is 9.88. The Kier molecular flexibility index (Phi) is 18.1. The lowest BCUT2D eigenvalue weighted by Crippen LogP contribution is -2.46. The summed E-state index contributed by atoms with van der Waals surface area (Å²) in [6.45, 7) is 17.1. The van der Waals surface area contributed by atoms with Gasteiger partial charge in [-0.25, -0.2) is 9.37 Å². The van der Waals surface area contributed by atoms with Crippen molar-refractivity contribution >= 4 is 63.3 Å². The number of hydrogen-bond donors (Lipinski definition) is 4. The van der Waals surface area contributed by atoms with Gasteiger partial charge in [-0.1, -0.05) is 57.2 Å². The Balaban J connectivity index is 0.000000357. The molecule has 2 atom stereocenters. The van der Waals surface area contributed by atoms with Gasteiger partial charge < -0.3 is 44.7 Å². The minimum absolute atomic E-state index is 0.0265. The molecule has 85 heavy (non-hydrogen) atoms. The van der Waals surface area contributed by atoms with Crippen molar-refractivity contribution in [3.8, 4) is 44.5 Å². The zero-order valence-electron chi connectivity index (χ0n) is 49.2. The summed E-state index contributed by atoms with van der Waals surface area (Å²) in [6, 6.07) is 16.9.